The van der Waals surface area contributed by atoms with Crippen molar-refractivity contribution in [3.63, 3.8) is 0 Å². The van der Waals surface area contributed by atoms with Gasteiger partial charge in [-0.1, -0.05) is 41.9 Å². The Bertz CT molecular complexity index is 540. The number of benzene rings is 1. The highest BCUT2D eigenvalue weighted by Gasteiger charge is 2.11. The van der Waals surface area contributed by atoms with Gasteiger partial charge in [-0.3, -0.25) is 0 Å². The average Bonchev–Trinajstić information content (AvgIpc) is 2.73. The van der Waals surface area contributed by atoms with Crippen LogP contribution in [-0.4, -0.2) is 9.19 Å². The van der Waals surface area contributed by atoms with Crippen molar-refractivity contribution < 1.29 is 4.74 Å². The molecule has 0 amide bonds. The van der Waals surface area contributed by atoms with Gasteiger partial charge in [0.2, 0.25) is 5.88 Å². The molecule has 18 heavy (non-hydrogen) atoms. The number of nitrogens with zero attached hydrogens (tertiary/aromatic N) is 2. The molecule has 96 valence electrons. The van der Waals surface area contributed by atoms with Crippen LogP contribution in [0.25, 0.3) is 0 Å². The van der Waals surface area contributed by atoms with Crippen molar-refractivity contribution in [2.75, 3.05) is 0 Å². The second-order valence-electron chi connectivity index (χ2n) is 4.33. The average molecular weight is 327 g/mol. The fourth-order valence-electron chi connectivity index (χ4n) is 1.79. The van der Waals surface area contributed by atoms with E-state index in [1.807, 2.05) is 12.1 Å². The van der Waals surface area contributed by atoms with Gasteiger partial charge in [0.15, 0.2) is 0 Å². The van der Waals surface area contributed by atoms with Crippen LogP contribution in [0.1, 0.15) is 30.9 Å². The van der Waals surface area contributed by atoms with Crippen molar-refractivity contribution in [3.05, 3.63) is 46.1 Å². The van der Waals surface area contributed by atoms with Gasteiger partial charge in [-0.2, -0.15) is 0 Å². The summed E-state index contributed by atoms with van der Waals surface area (Å²) in [5.41, 5.74) is 2.45. The highest BCUT2D eigenvalue weighted by Crippen LogP contribution is 2.27. The summed E-state index contributed by atoms with van der Waals surface area (Å²) in [6.07, 6.45) is 1.74. The van der Waals surface area contributed by atoms with Gasteiger partial charge in [-0.15, -0.1) is 5.10 Å². The normalized spacial score (nSPS) is 10.9. The molecule has 1 aromatic heterocycles. The summed E-state index contributed by atoms with van der Waals surface area (Å²) in [5, 5.41) is 4.07. The number of rotatable bonds is 4. The van der Waals surface area contributed by atoms with Crippen LogP contribution < -0.4 is 4.74 Å². The van der Waals surface area contributed by atoms with E-state index >= 15 is 0 Å². The maximum absolute atomic E-state index is 5.67. The van der Waals surface area contributed by atoms with Gasteiger partial charge in [-0.05, 0) is 30.4 Å². The lowest BCUT2D eigenvalue weighted by molar-refractivity contribution is 0.290. The minimum atomic E-state index is 0.462. The molecule has 0 saturated carbocycles. The number of aromatic nitrogens is 2. The molecular formula is C13H15BrN2OS. The zero-order valence-corrected chi connectivity index (χ0v) is 12.8. The van der Waals surface area contributed by atoms with Crippen LogP contribution in [-0.2, 0) is 6.61 Å². The summed E-state index contributed by atoms with van der Waals surface area (Å²) in [7, 11) is 0. The van der Waals surface area contributed by atoms with E-state index < -0.39 is 0 Å². The zero-order chi connectivity index (χ0) is 13.1. The second-order valence-corrected chi connectivity index (χ2v) is 5.59. The Hall–Kier alpha value is -0.940. The quantitative estimate of drug-likeness (QED) is 0.858. The van der Waals surface area contributed by atoms with Gasteiger partial charge < -0.3 is 4.74 Å². The van der Waals surface area contributed by atoms with E-state index in [0.29, 0.717) is 18.4 Å². The predicted octanol–water partition coefficient (Wildman–Crippen LogP) is 4.04. The van der Waals surface area contributed by atoms with Crippen molar-refractivity contribution in [2.45, 2.75) is 26.4 Å². The van der Waals surface area contributed by atoms with E-state index in [2.05, 4.69) is 53.8 Å². The molecule has 0 unspecified atom stereocenters. The Morgan fingerprint density at radius 2 is 2.17 bits per heavy atom. The first kappa shape index (κ1) is 13.5. The smallest absolute Gasteiger partial charge is 0.234 e. The third-order valence-corrected chi connectivity index (χ3v) is 3.66. The molecule has 0 aliphatic heterocycles. The lowest BCUT2D eigenvalue weighted by atomic mass is 9.98. The molecule has 1 aromatic carbocycles. The van der Waals surface area contributed by atoms with Gasteiger partial charge in [0.05, 0.1) is 0 Å². The summed E-state index contributed by atoms with van der Waals surface area (Å²) < 4.78 is 8.17. The summed E-state index contributed by atoms with van der Waals surface area (Å²) in [6.45, 7) is 4.85. The van der Waals surface area contributed by atoms with Gasteiger partial charge in [0, 0.05) is 22.3 Å². The van der Waals surface area contributed by atoms with Gasteiger partial charge >= 0.3 is 0 Å². The molecule has 5 heteroatoms. The number of halogens is 1. The minimum absolute atomic E-state index is 0.462. The van der Waals surface area contributed by atoms with Crippen LogP contribution in [0.2, 0.25) is 0 Å². The molecule has 3 nitrogen and oxygen atoms in total. The maximum Gasteiger partial charge on any atom is 0.234 e. The van der Waals surface area contributed by atoms with Crippen molar-refractivity contribution >= 4 is 28.7 Å². The summed E-state index contributed by atoms with van der Waals surface area (Å²) >= 11 is 7.65. The van der Waals surface area contributed by atoms with Gasteiger partial charge in [-0.25, -0.2) is 4.09 Å². The second kappa shape index (κ2) is 5.80. The fourth-order valence-corrected chi connectivity index (χ4v) is 2.44. The standard InChI is InChI=1S/C13H15BrN2OS/c1-9(2)10-4-3-5-12(14)11(10)8-17-13-6-7-16(18)15-13/h3-7,9,18H,8H2,1-2H3. The minimum Gasteiger partial charge on any atom is -0.472 e. The monoisotopic (exact) mass is 326 g/mol. The Morgan fingerprint density at radius 3 is 2.78 bits per heavy atom. The zero-order valence-electron chi connectivity index (χ0n) is 10.3. The largest absolute Gasteiger partial charge is 0.472 e. The Kier molecular flexibility index (Phi) is 4.35. The molecule has 0 aliphatic rings. The van der Waals surface area contributed by atoms with Crippen molar-refractivity contribution in [1.82, 2.24) is 9.19 Å². The van der Waals surface area contributed by atoms with Crippen molar-refractivity contribution in [3.8, 4) is 5.88 Å². The Labute approximate surface area is 121 Å². The molecule has 0 radical (unpaired) electrons. The first-order valence-electron chi connectivity index (χ1n) is 5.73. The van der Waals surface area contributed by atoms with E-state index in [-0.39, 0.29) is 0 Å². The first-order chi connectivity index (χ1) is 8.58. The van der Waals surface area contributed by atoms with Crippen LogP contribution >= 0.6 is 28.7 Å². The molecule has 0 N–H and O–H groups in total. The van der Waals surface area contributed by atoms with E-state index in [1.54, 1.807) is 12.3 Å². The van der Waals surface area contributed by atoms with Crippen LogP contribution in [0, 0.1) is 0 Å². The van der Waals surface area contributed by atoms with Crippen LogP contribution in [0.3, 0.4) is 0 Å². The van der Waals surface area contributed by atoms with Crippen molar-refractivity contribution in [1.29, 1.82) is 0 Å². The van der Waals surface area contributed by atoms with Crippen LogP contribution in [0.15, 0.2) is 34.9 Å². The summed E-state index contributed by atoms with van der Waals surface area (Å²) in [6, 6.07) is 8.00. The number of thiol groups is 1. The lowest BCUT2D eigenvalue weighted by Crippen LogP contribution is -2.03. The molecular weight excluding hydrogens is 312 g/mol. The molecule has 0 spiro atoms. The Balaban J connectivity index is 2.18. The molecule has 0 atom stereocenters. The topological polar surface area (TPSA) is 27.1 Å². The SMILES string of the molecule is CC(C)c1cccc(Br)c1COc1ccn(S)n1. The highest BCUT2D eigenvalue weighted by atomic mass is 79.9. The predicted molar refractivity (Wildman–Crippen MR) is 79.2 cm³/mol. The molecule has 0 fully saturated rings. The van der Waals surface area contributed by atoms with Crippen molar-refractivity contribution in [2.24, 2.45) is 0 Å². The molecule has 0 aliphatic carbocycles. The number of ether oxygens (including phenoxy) is 1. The molecule has 0 bridgehead atoms. The lowest BCUT2D eigenvalue weighted by Gasteiger charge is -2.14. The van der Waals surface area contributed by atoms with Gasteiger partial charge in [0.25, 0.3) is 0 Å². The Morgan fingerprint density at radius 1 is 1.39 bits per heavy atom. The highest BCUT2D eigenvalue weighted by molar-refractivity contribution is 9.10. The van der Waals surface area contributed by atoms with E-state index in [0.717, 1.165) is 4.47 Å². The third kappa shape index (κ3) is 3.09. The van der Waals surface area contributed by atoms with Crippen LogP contribution in [0.4, 0.5) is 0 Å². The van der Waals surface area contributed by atoms with Gasteiger partial charge in [0.1, 0.15) is 6.61 Å². The van der Waals surface area contributed by atoms with E-state index in [1.165, 1.54) is 15.2 Å². The molecule has 1 heterocycles. The maximum atomic E-state index is 5.67. The number of hydrogen-bond donors (Lipinski definition) is 1. The molecule has 0 saturated heterocycles. The first-order valence-corrected chi connectivity index (χ1v) is 6.92. The van der Waals surface area contributed by atoms with Crippen LogP contribution in [0.5, 0.6) is 5.88 Å². The molecule has 2 rings (SSSR count). The fraction of sp³-hybridized carbons (Fsp3) is 0.308. The van der Waals surface area contributed by atoms with E-state index in [4.69, 9.17) is 4.74 Å². The molecule has 2 aromatic rings. The third-order valence-electron chi connectivity index (χ3n) is 2.69. The number of hydrogen-bond acceptors (Lipinski definition) is 3. The summed E-state index contributed by atoms with van der Waals surface area (Å²) in [4.78, 5) is 0. The van der Waals surface area contributed by atoms with E-state index in [9.17, 15) is 0 Å². The summed E-state index contributed by atoms with van der Waals surface area (Å²) in [5.74, 6) is 1.04.